The number of allylic oxidation sites excluding steroid dienone is 1. The van der Waals surface area contributed by atoms with E-state index in [1.54, 1.807) is 0 Å². The lowest BCUT2D eigenvalue weighted by Gasteiger charge is -2.57. The van der Waals surface area contributed by atoms with Crippen molar-refractivity contribution in [3.05, 3.63) is 23.8 Å². The molecule has 0 amide bonds. The molecule has 0 bridgehead atoms. The van der Waals surface area contributed by atoms with E-state index < -0.39 is 0 Å². The van der Waals surface area contributed by atoms with Gasteiger partial charge in [-0.2, -0.15) is 0 Å². The summed E-state index contributed by atoms with van der Waals surface area (Å²) in [5.41, 5.74) is 1.84. The monoisotopic (exact) mass is 326 g/mol. The van der Waals surface area contributed by atoms with Crippen LogP contribution in [0, 0.1) is 35.0 Å². The molecular weight excluding hydrogens is 296 g/mol. The van der Waals surface area contributed by atoms with Crippen molar-refractivity contribution in [1.82, 2.24) is 0 Å². The standard InChI is InChI=1S/C22H30O2/c1-14-12-15-13-16(23)4-5-17(15)18-6-9-21(2)19(20(14)18)7-10-22(21)8-3-11-24-22/h3,8,13-14,17-20H,4-7,9-12H2,1-2H3/t14-,17-,18?,19?,20?,21-,22-/m0/s1. The van der Waals surface area contributed by atoms with E-state index >= 15 is 0 Å². The SMILES string of the molecule is C[C@H]1CC2=CC(=O)CC[C@@H]2C2CC[C@@]3(C)C(CC[C@@]34C=CCO4)C21. The third-order valence-electron chi connectivity index (χ3n) is 8.65. The molecule has 0 saturated heterocycles. The Labute approximate surface area is 145 Å². The molecule has 3 unspecified atom stereocenters. The third-order valence-corrected chi connectivity index (χ3v) is 8.65. The lowest BCUT2D eigenvalue weighted by atomic mass is 9.48. The lowest BCUT2D eigenvalue weighted by Crippen LogP contribution is -2.54. The Morgan fingerprint density at radius 3 is 2.88 bits per heavy atom. The van der Waals surface area contributed by atoms with Crippen LogP contribution in [0.2, 0.25) is 0 Å². The summed E-state index contributed by atoms with van der Waals surface area (Å²) in [6.07, 6.45) is 14.9. The molecule has 2 heteroatoms. The van der Waals surface area contributed by atoms with Gasteiger partial charge in [-0.3, -0.25) is 4.79 Å². The Hall–Kier alpha value is -0.890. The summed E-state index contributed by atoms with van der Waals surface area (Å²) in [6.45, 7) is 5.79. The molecule has 1 spiro atoms. The van der Waals surface area contributed by atoms with Crippen molar-refractivity contribution >= 4 is 5.78 Å². The zero-order valence-corrected chi connectivity index (χ0v) is 15.1. The molecule has 0 N–H and O–H groups in total. The highest BCUT2D eigenvalue weighted by atomic mass is 16.5. The molecule has 130 valence electrons. The van der Waals surface area contributed by atoms with Crippen LogP contribution in [-0.4, -0.2) is 18.0 Å². The first-order valence-electron chi connectivity index (χ1n) is 10.1. The zero-order chi connectivity index (χ0) is 16.5. The summed E-state index contributed by atoms with van der Waals surface area (Å²) in [5, 5.41) is 0. The highest BCUT2D eigenvalue weighted by Crippen LogP contribution is 2.67. The fourth-order valence-electron chi connectivity index (χ4n) is 7.62. The number of ether oxygens (including phenoxy) is 1. The number of ketones is 1. The number of hydrogen-bond acceptors (Lipinski definition) is 2. The van der Waals surface area contributed by atoms with Crippen molar-refractivity contribution in [2.24, 2.45) is 35.0 Å². The van der Waals surface area contributed by atoms with Crippen LogP contribution in [0.15, 0.2) is 23.8 Å². The van der Waals surface area contributed by atoms with Gasteiger partial charge in [-0.15, -0.1) is 0 Å². The molecule has 0 aromatic carbocycles. The Morgan fingerprint density at radius 2 is 2.08 bits per heavy atom. The summed E-state index contributed by atoms with van der Waals surface area (Å²) < 4.78 is 6.34. The summed E-state index contributed by atoms with van der Waals surface area (Å²) in [4.78, 5) is 11.9. The maximum Gasteiger partial charge on any atom is 0.155 e. The summed E-state index contributed by atoms with van der Waals surface area (Å²) in [5.74, 6) is 4.23. The van der Waals surface area contributed by atoms with Crippen LogP contribution in [0.3, 0.4) is 0 Å². The first-order valence-corrected chi connectivity index (χ1v) is 10.1. The van der Waals surface area contributed by atoms with Crippen LogP contribution in [0.1, 0.15) is 58.8 Å². The minimum atomic E-state index is 0.0288. The van der Waals surface area contributed by atoms with Crippen molar-refractivity contribution < 1.29 is 9.53 Å². The number of carbonyl (C=O) groups excluding carboxylic acids is 1. The minimum absolute atomic E-state index is 0.0288. The van der Waals surface area contributed by atoms with Gasteiger partial charge in [-0.05, 0) is 74.2 Å². The third kappa shape index (κ3) is 1.84. The van der Waals surface area contributed by atoms with Gasteiger partial charge in [0.2, 0.25) is 0 Å². The molecule has 0 radical (unpaired) electrons. The van der Waals surface area contributed by atoms with E-state index in [1.165, 1.54) is 31.3 Å². The first kappa shape index (κ1) is 15.4. The van der Waals surface area contributed by atoms with Crippen molar-refractivity contribution in [3.63, 3.8) is 0 Å². The van der Waals surface area contributed by atoms with Crippen LogP contribution >= 0.6 is 0 Å². The van der Waals surface area contributed by atoms with Gasteiger partial charge in [-0.25, -0.2) is 0 Å². The average molecular weight is 326 g/mol. The fourth-order valence-corrected chi connectivity index (χ4v) is 7.62. The van der Waals surface area contributed by atoms with Gasteiger partial charge < -0.3 is 4.74 Å². The molecule has 5 aliphatic rings. The van der Waals surface area contributed by atoms with E-state index in [0.717, 1.165) is 43.6 Å². The number of fused-ring (bicyclic) bond motifs is 6. The van der Waals surface area contributed by atoms with Crippen LogP contribution < -0.4 is 0 Å². The Morgan fingerprint density at radius 1 is 1.21 bits per heavy atom. The van der Waals surface area contributed by atoms with Gasteiger partial charge in [0.25, 0.3) is 0 Å². The Bertz CT molecular complexity index is 632. The molecule has 1 aliphatic heterocycles. The van der Waals surface area contributed by atoms with E-state index in [2.05, 4.69) is 26.0 Å². The summed E-state index contributed by atoms with van der Waals surface area (Å²) in [6, 6.07) is 0. The van der Waals surface area contributed by atoms with E-state index in [1.807, 2.05) is 6.08 Å². The van der Waals surface area contributed by atoms with E-state index in [9.17, 15) is 4.79 Å². The van der Waals surface area contributed by atoms with Crippen molar-refractivity contribution in [2.45, 2.75) is 64.4 Å². The molecule has 24 heavy (non-hydrogen) atoms. The normalized spacial score (nSPS) is 52.8. The first-order chi connectivity index (χ1) is 11.5. The minimum Gasteiger partial charge on any atom is -0.366 e. The fraction of sp³-hybridized carbons (Fsp3) is 0.773. The van der Waals surface area contributed by atoms with Crippen molar-refractivity contribution in [2.75, 3.05) is 6.61 Å². The van der Waals surface area contributed by atoms with E-state index in [0.29, 0.717) is 23.0 Å². The highest BCUT2D eigenvalue weighted by Gasteiger charge is 2.64. The number of hydrogen-bond donors (Lipinski definition) is 0. The molecule has 1 heterocycles. The second kappa shape index (κ2) is 5.06. The maximum absolute atomic E-state index is 11.9. The van der Waals surface area contributed by atoms with Crippen LogP contribution in [0.25, 0.3) is 0 Å². The lowest BCUT2D eigenvalue weighted by molar-refractivity contribution is -0.123. The van der Waals surface area contributed by atoms with E-state index in [-0.39, 0.29) is 5.60 Å². The molecule has 4 aliphatic carbocycles. The molecule has 3 saturated carbocycles. The van der Waals surface area contributed by atoms with Gasteiger partial charge in [0.15, 0.2) is 5.78 Å². The molecular formula is C22H30O2. The Kier molecular flexibility index (Phi) is 3.24. The number of carbonyl (C=O) groups is 1. The van der Waals surface area contributed by atoms with Crippen molar-refractivity contribution in [3.8, 4) is 0 Å². The second-order valence-corrected chi connectivity index (χ2v) is 9.46. The zero-order valence-electron chi connectivity index (χ0n) is 15.1. The number of rotatable bonds is 0. The van der Waals surface area contributed by atoms with Gasteiger partial charge in [0.1, 0.15) is 0 Å². The summed E-state index contributed by atoms with van der Waals surface area (Å²) >= 11 is 0. The average Bonchev–Trinajstić information content (AvgIpc) is 3.14. The van der Waals surface area contributed by atoms with Gasteiger partial charge in [0, 0.05) is 11.8 Å². The van der Waals surface area contributed by atoms with Crippen LogP contribution in [-0.2, 0) is 9.53 Å². The second-order valence-electron chi connectivity index (χ2n) is 9.46. The maximum atomic E-state index is 11.9. The Balaban J connectivity index is 1.51. The van der Waals surface area contributed by atoms with Gasteiger partial charge in [0.05, 0.1) is 12.2 Å². The molecule has 2 nitrogen and oxygen atoms in total. The predicted octanol–water partition coefficient (Wildman–Crippen LogP) is 4.70. The quantitative estimate of drug-likeness (QED) is 0.603. The van der Waals surface area contributed by atoms with Crippen LogP contribution in [0.5, 0.6) is 0 Å². The predicted molar refractivity (Wildman–Crippen MR) is 94.5 cm³/mol. The van der Waals surface area contributed by atoms with Crippen LogP contribution in [0.4, 0.5) is 0 Å². The topological polar surface area (TPSA) is 26.3 Å². The van der Waals surface area contributed by atoms with Gasteiger partial charge >= 0.3 is 0 Å². The summed E-state index contributed by atoms with van der Waals surface area (Å²) in [7, 11) is 0. The van der Waals surface area contributed by atoms with Crippen molar-refractivity contribution in [1.29, 1.82) is 0 Å². The molecule has 0 aromatic heterocycles. The molecule has 5 rings (SSSR count). The molecule has 0 aromatic rings. The molecule has 3 fully saturated rings. The smallest absolute Gasteiger partial charge is 0.155 e. The molecule has 7 atom stereocenters. The largest absolute Gasteiger partial charge is 0.366 e. The van der Waals surface area contributed by atoms with Gasteiger partial charge in [-0.1, -0.05) is 31.6 Å². The highest BCUT2D eigenvalue weighted by molar-refractivity contribution is 5.91. The van der Waals surface area contributed by atoms with E-state index in [4.69, 9.17) is 4.74 Å².